The second-order valence-electron chi connectivity index (χ2n) is 4.01. The molecule has 0 saturated heterocycles. The van der Waals surface area contributed by atoms with Gasteiger partial charge in [-0.1, -0.05) is 18.2 Å². The fourth-order valence-corrected chi connectivity index (χ4v) is 2.22. The molecule has 1 aromatic carbocycles. The molecule has 3 heteroatoms. The molecule has 0 bridgehead atoms. The number of carbonyl (C=O) groups is 1. The molecule has 0 aliphatic carbocycles. The molecule has 1 unspecified atom stereocenters. The van der Waals surface area contributed by atoms with E-state index in [2.05, 4.69) is 6.07 Å². The monoisotopic (exact) mass is 220 g/mol. The number of hydrogen-bond donors (Lipinski definition) is 0. The molecule has 1 atom stereocenters. The second kappa shape index (κ2) is 4.66. The first-order valence-electron chi connectivity index (χ1n) is 5.51. The summed E-state index contributed by atoms with van der Waals surface area (Å²) < 4.78 is 10.3. The molecule has 0 N–H and O–H groups in total. The van der Waals surface area contributed by atoms with Crippen molar-refractivity contribution in [1.29, 1.82) is 0 Å². The molecule has 1 aliphatic rings. The summed E-state index contributed by atoms with van der Waals surface area (Å²) in [5, 5.41) is 0. The maximum Gasteiger partial charge on any atom is 0.309 e. The van der Waals surface area contributed by atoms with E-state index in [1.54, 1.807) is 0 Å². The molecule has 0 saturated carbocycles. The van der Waals surface area contributed by atoms with E-state index in [1.165, 1.54) is 18.2 Å². The number of ether oxygens (including phenoxy) is 2. The summed E-state index contributed by atoms with van der Waals surface area (Å²) in [7, 11) is 1.41. The largest absolute Gasteiger partial charge is 0.469 e. The van der Waals surface area contributed by atoms with Crippen LogP contribution in [0.4, 0.5) is 0 Å². The van der Waals surface area contributed by atoms with E-state index in [0.29, 0.717) is 6.42 Å². The zero-order chi connectivity index (χ0) is 11.5. The van der Waals surface area contributed by atoms with Crippen LogP contribution < -0.4 is 0 Å². The van der Waals surface area contributed by atoms with Gasteiger partial charge in [-0.2, -0.15) is 0 Å². The van der Waals surface area contributed by atoms with Crippen molar-refractivity contribution in [2.24, 2.45) is 0 Å². The SMILES string of the molecule is COC(=O)Cc1cccc2c1C(C)OCC2. The quantitative estimate of drug-likeness (QED) is 0.715. The first-order chi connectivity index (χ1) is 7.72. The number of hydrogen-bond acceptors (Lipinski definition) is 3. The average molecular weight is 220 g/mol. The number of benzene rings is 1. The Balaban J connectivity index is 2.34. The van der Waals surface area contributed by atoms with Crippen LogP contribution in [0.5, 0.6) is 0 Å². The lowest BCUT2D eigenvalue weighted by atomic mass is 9.92. The van der Waals surface area contributed by atoms with Crippen LogP contribution in [0.1, 0.15) is 29.7 Å². The summed E-state index contributed by atoms with van der Waals surface area (Å²) in [6, 6.07) is 6.07. The van der Waals surface area contributed by atoms with Crippen LogP contribution in [0.3, 0.4) is 0 Å². The van der Waals surface area contributed by atoms with Crippen molar-refractivity contribution in [2.45, 2.75) is 25.9 Å². The maximum atomic E-state index is 11.3. The van der Waals surface area contributed by atoms with Gasteiger partial charge in [-0.15, -0.1) is 0 Å². The summed E-state index contributed by atoms with van der Waals surface area (Å²) in [5.41, 5.74) is 3.48. The molecule has 0 spiro atoms. The minimum Gasteiger partial charge on any atom is -0.469 e. The standard InChI is InChI=1S/C13H16O3/c1-9-13-10(6-7-16-9)4-3-5-11(13)8-12(14)15-2/h3-5,9H,6-8H2,1-2H3. The Labute approximate surface area is 95.4 Å². The van der Waals surface area contributed by atoms with Gasteiger partial charge < -0.3 is 9.47 Å². The van der Waals surface area contributed by atoms with E-state index in [4.69, 9.17) is 9.47 Å². The molecule has 2 rings (SSSR count). The minimum absolute atomic E-state index is 0.0737. The third kappa shape index (κ3) is 2.09. The Morgan fingerprint density at radius 3 is 3.12 bits per heavy atom. The lowest BCUT2D eigenvalue weighted by Gasteiger charge is -2.25. The topological polar surface area (TPSA) is 35.5 Å². The van der Waals surface area contributed by atoms with Crippen LogP contribution in [-0.2, 0) is 27.1 Å². The van der Waals surface area contributed by atoms with Crippen LogP contribution >= 0.6 is 0 Å². The second-order valence-corrected chi connectivity index (χ2v) is 4.01. The van der Waals surface area contributed by atoms with Crippen LogP contribution in [0.2, 0.25) is 0 Å². The number of carbonyl (C=O) groups excluding carboxylic acids is 1. The Kier molecular flexibility index (Phi) is 3.25. The summed E-state index contributed by atoms with van der Waals surface area (Å²) in [5.74, 6) is -0.203. The van der Waals surface area contributed by atoms with Crippen molar-refractivity contribution in [3.8, 4) is 0 Å². The van der Waals surface area contributed by atoms with Crippen LogP contribution in [0.25, 0.3) is 0 Å². The summed E-state index contributed by atoms with van der Waals surface area (Å²) in [6.45, 7) is 2.79. The Hall–Kier alpha value is -1.35. The molecular formula is C13H16O3. The van der Waals surface area contributed by atoms with Crippen molar-refractivity contribution in [2.75, 3.05) is 13.7 Å². The smallest absolute Gasteiger partial charge is 0.309 e. The Morgan fingerprint density at radius 2 is 2.38 bits per heavy atom. The highest BCUT2D eigenvalue weighted by Crippen LogP contribution is 2.30. The van der Waals surface area contributed by atoms with E-state index >= 15 is 0 Å². The first-order valence-corrected chi connectivity index (χ1v) is 5.51. The van der Waals surface area contributed by atoms with Crippen molar-refractivity contribution < 1.29 is 14.3 Å². The van der Waals surface area contributed by atoms with Gasteiger partial charge in [0.2, 0.25) is 0 Å². The van der Waals surface area contributed by atoms with E-state index in [0.717, 1.165) is 18.6 Å². The van der Waals surface area contributed by atoms with Gasteiger partial charge in [-0.05, 0) is 30.0 Å². The predicted molar refractivity (Wildman–Crippen MR) is 60.2 cm³/mol. The van der Waals surface area contributed by atoms with Gasteiger partial charge in [0.05, 0.1) is 26.2 Å². The van der Waals surface area contributed by atoms with Gasteiger partial charge in [0.25, 0.3) is 0 Å². The van der Waals surface area contributed by atoms with Crippen LogP contribution in [0, 0.1) is 0 Å². The molecule has 86 valence electrons. The highest BCUT2D eigenvalue weighted by Gasteiger charge is 2.21. The zero-order valence-electron chi connectivity index (χ0n) is 9.66. The fraction of sp³-hybridized carbons (Fsp3) is 0.462. The molecule has 3 nitrogen and oxygen atoms in total. The summed E-state index contributed by atoms with van der Waals surface area (Å²) in [6.07, 6.45) is 1.33. The third-order valence-corrected chi connectivity index (χ3v) is 2.99. The molecule has 0 fully saturated rings. The van der Waals surface area contributed by atoms with Gasteiger partial charge >= 0.3 is 5.97 Å². The predicted octanol–water partition coefficient (Wildman–Crippen LogP) is 2.04. The molecule has 16 heavy (non-hydrogen) atoms. The van der Waals surface area contributed by atoms with Gasteiger partial charge in [0.1, 0.15) is 0 Å². The Bertz CT molecular complexity index is 398. The first kappa shape index (κ1) is 11.1. The maximum absolute atomic E-state index is 11.3. The average Bonchev–Trinajstić information content (AvgIpc) is 2.29. The third-order valence-electron chi connectivity index (χ3n) is 2.99. The molecule has 1 heterocycles. The molecule has 0 radical (unpaired) electrons. The molecule has 1 aromatic rings. The van der Waals surface area contributed by atoms with Gasteiger partial charge in [-0.25, -0.2) is 0 Å². The lowest BCUT2D eigenvalue weighted by molar-refractivity contribution is -0.139. The van der Waals surface area contributed by atoms with Crippen molar-refractivity contribution in [3.05, 3.63) is 34.9 Å². The normalized spacial score (nSPS) is 19.0. The van der Waals surface area contributed by atoms with E-state index in [-0.39, 0.29) is 12.1 Å². The van der Waals surface area contributed by atoms with E-state index in [1.807, 2.05) is 19.1 Å². The van der Waals surface area contributed by atoms with Crippen molar-refractivity contribution in [1.82, 2.24) is 0 Å². The number of fused-ring (bicyclic) bond motifs is 1. The van der Waals surface area contributed by atoms with E-state index < -0.39 is 0 Å². The van der Waals surface area contributed by atoms with Crippen molar-refractivity contribution in [3.63, 3.8) is 0 Å². The van der Waals surface area contributed by atoms with Gasteiger partial charge in [0.15, 0.2) is 0 Å². The van der Waals surface area contributed by atoms with E-state index in [9.17, 15) is 4.79 Å². The Morgan fingerprint density at radius 1 is 1.56 bits per heavy atom. The van der Waals surface area contributed by atoms with Gasteiger partial charge in [0, 0.05) is 0 Å². The lowest BCUT2D eigenvalue weighted by Crippen LogP contribution is -2.17. The molecule has 1 aliphatic heterocycles. The number of rotatable bonds is 2. The highest BCUT2D eigenvalue weighted by molar-refractivity contribution is 5.73. The number of esters is 1. The summed E-state index contributed by atoms with van der Waals surface area (Å²) in [4.78, 5) is 11.3. The highest BCUT2D eigenvalue weighted by atomic mass is 16.5. The molecule has 0 aromatic heterocycles. The fourth-order valence-electron chi connectivity index (χ4n) is 2.22. The van der Waals surface area contributed by atoms with Crippen molar-refractivity contribution >= 4 is 5.97 Å². The minimum atomic E-state index is -0.203. The zero-order valence-corrected chi connectivity index (χ0v) is 9.66. The van der Waals surface area contributed by atoms with Crippen LogP contribution in [-0.4, -0.2) is 19.7 Å². The van der Waals surface area contributed by atoms with Crippen LogP contribution in [0.15, 0.2) is 18.2 Å². The van der Waals surface area contributed by atoms with Gasteiger partial charge in [-0.3, -0.25) is 4.79 Å². The molecular weight excluding hydrogens is 204 g/mol. The number of methoxy groups -OCH3 is 1. The molecule has 0 amide bonds. The summed E-state index contributed by atoms with van der Waals surface area (Å²) >= 11 is 0.